The van der Waals surface area contributed by atoms with Crippen LogP contribution in [-0.2, 0) is 6.42 Å². The maximum atomic E-state index is 12.7. The van der Waals surface area contributed by atoms with Crippen LogP contribution in [0.4, 0.5) is 0 Å². The summed E-state index contributed by atoms with van der Waals surface area (Å²) in [7, 11) is 0. The summed E-state index contributed by atoms with van der Waals surface area (Å²) >= 11 is 6.23. The van der Waals surface area contributed by atoms with Crippen LogP contribution in [-0.4, -0.2) is 5.78 Å². The van der Waals surface area contributed by atoms with Crippen molar-refractivity contribution < 1.29 is 4.79 Å². The summed E-state index contributed by atoms with van der Waals surface area (Å²) in [5.74, 6) is 0.844. The Kier molecular flexibility index (Phi) is 3.10. The molecular weight excluding hydrogens is 256 g/mol. The fourth-order valence-electron chi connectivity index (χ4n) is 3.13. The second-order valence-electron chi connectivity index (χ2n) is 5.69. The van der Waals surface area contributed by atoms with Crippen molar-refractivity contribution in [1.29, 1.82) is 0 Å². The van der Waals surface area contributed by atoms with Crippen molar-refractivity contribution in [2.75, 3.05) is 0 Å². The maximum Gasteiger partial charge on any atom is 0.167 e. The molecule has 0 aromatic heterocycles. The average Bonchev–Trinajstić information content (AvgIpc) is 2.38. The van der Waals surface area contributed by atoms with E-state index in [1.165, 1.54) is 5.56 Å². The van der Waals surface area contributed by atoms with Gasteiger partial charge in [-0.25, -0.2) is 0 Å². The van der Waals surface area contributed by atoms with Crippen molar-refractivity contribution in [1.82, 2.24) is 0 Å². The number of carbonyl (C=O) groups excluding carboxylic acids is 1. The molecule has 1 nitrogen and oxygen atoms in total. The van der Waals surface area contributed by atoms with E-state index in [1.807, 2.05) is 24.3 Å². The van der Waals surface area contributed by atoms with Gasteiger partial charge in [0.25, 0.3) is 0 Å². The van der Waals surface area contributed by atoms with Crippen LogP contribution in [0, 0.1) is 11.8 Å². The minimum atomic E-state index is 0.150. The number of hydrogen-bond donors (Lipinski definition) is 0. The van der Waals surface area contributed by atoms with Gasteiger partial charge in [0.15, 0.2) is 5.78 Å². The normalized spacial score (nSPS) is 18.9. The second kappa shape index (κ2) is 4.64. The van der Waals surface area contributed by atoms with Crippen LogP contribution < -0.4 is 0 Å². The molecule has 0 bridgehead atoms. The average molecular weight is 273 g/mol. The molecule has 19 heavy (non-hydrogen) atoms. The predicted octanol–water partition coefficient (Wildman–Crippen LogP) is 4.89. The lowest BCUT2D eigenvalue weighted by molar-refractivity contribution is 0.0866. The lowest BCUT2D eigenvalue weighted by atomic mass is 9.76. The number of Topliss-reactive ketones (excluding diaryl/α,β-unsaturated/α-hetero) is 1. The van der Waals surface area contributed by atoms with Crippen LogP contribution in [0.3, 0.4) is 0 Å². The Labute approximate surface area is 118 Å². The first-order chi connectivity index (χ1) is 9.09. The van der Waals surface area contributed by atoms with E-state index in [2.05, 4.69) is 19.9 Å². The van der Waals surface area contributed by atoms with Crippen LogP contribution in [0.25, 0.3) is 10.8 Å². The summed E-state index contributed by atoms with van der Waals surface area (Å²) in [6, 6.07) is 9.93. The minimum Gasteiger partial charge on any atom is -0.294 e. The topological polar surface area (TPSA) is 17.1 Å². The molecule has 1 unspecified atom stereocenters. The molecule has 2 heteroatoms. The van der Waals surface area contributed by atoms with Crippen molar-refractivity contribution in [3.63, 3.8) is 0 Å². The van der Waals surface area contributed by atoms with Gasteiger partial charge in [-0.2, -0.15) is 0 Å². The first-order valence-corrected chi connectivity index (χ1v) is 7.21. The molecule has 0 aliphatic heterocycles. The number of carbonyl (C=O) groups is 1. The molecule has 1 aliphatic carbocycles. The maximum absolute atomic E-state index is 12.7. The number of fused-ring (bicyclic) bond motifs is 3. The summed E-state index contributed by atoms with van der Waals surface area (Å²) in [4.78, 5) is 12.7. The fourth-order valence-corrected chi connectivity index (χ4v) is 3.37. The highest BCUT2D eigenvalue weighted by molar-refractivity contribution is 6.36. The number of rotatable bonds is 1. The van der Waals surface area contributed by atoms with Crippen LogP contribution in [0.1, 0.15) is 36.2 Å². The van der Waals surface area contributed by atoms with Gasteiger partial charge in [0.2, 0.25) is 0 Å². The van der Waals surface area contributed by atoms with Crippen molar-refractivity contribution in [2.45, 2.75) is 26.7 Å². The Balaban J connectivity index is 2.26. The molecule has 1 aliphatic rings. The van der Waals surface area contributed by atoms with Crippen molar-refractivity contribution in [3.8, 4) is 0 Å². The highest BCUT2D eigenvalue weighted by Gasteiger charge is 2.30. The van der Waals surface area contributed by atoms with Gasteiger partial charge in [0.05, 0.1) is 0 Å². The summed E-state index contributed by atoms with van der Waals surface area (Å²) in [5.41, 5.74) is 2.08. The van der Waals surface area contributed by atoms with Gasteiger partial charge in [-0.3, -0.25) is 4.79 Å². The van der Waals surface area contributed by atoms with Gasteiger partial charge in [-0.1, -0.05) is 49.7 Å². The Morgan fingerprint density at radius 2 is 1.95 bits per heavy atom. The van der Waals surface area contributed by atoms with E-state index >= 15 is 0 Å². The third-order valence-electron chi connectivity index (χ3n) is 4.21. The minimum absolute atomic E-state index is 0.150. The molecule has 0 N–H and O–H groups in total. The van der Waals surface area contributed by atoms with Gasteiger partial charge >= 0.3 is 0 Å². The lowest BCUT2D eigenvalue weighted by Gasteiger charge is -2.27. The number of aryl methyl sites for hydroxylation is 1. The number of halogens is 1. The Hall–Kier alpha value is -1.34. The molecule has 0 heterocycles. The zero-order valence-corrected chi connectivity index (χ0v) is 12.0. The van der Waals surface area contributed by atoms with Crippen molar-refractivity contribution in [2.24, 2.45) is 11.8 Å². The summed E-state index contributed by atoms with van der Waals surface area (Å²) in [6.07, 6.45) is 1.96. The molecule has 98 valence electrons. The van der Waals surface area contributed by atoms with Crippen molar-refractivity contribution >= 4 is 28.2 Å². The number of benzene rings is 2. The van der Waals surface area contributed by atoms with Crippen LogP contribution in [0.5, 0.6) is 0 Å². The van der Waals surface area contributed by atoms with Crippen LogP contribution >= 0.6 is 11.6 Å². The van der Waals surface area contributed by atoms with E-state index in [0.29, 0.717) is 11.7 Å². The molecule has 0 radical (unpaired) electrons. The van der Waals surface area contributed by atoms with E-state index < -0.39 is 0 Å². The molecule has 2 aromatic rings. The first-order valence-electron chi connectivity index (χ1n) is 6.84. The zero-order chi connectivity index (χ0) is 13.6. The molecule has 0 amide bonds. The third kappa shape index (κ3) is 1.97. The van der Waals surface area contributed by atoms with Crippen molar-refractivity contribution in [3.05, 3.63) is 46.5 Å². The summed E-state index contributed by atoms with van der Waals surface area (Å²) < 4.78 is 0. The highest BCUT2D eigenvalue weighted by atomic mass is 35.5. The van der Waals surface area contributed by atoms with E-state index in [4.69, 9.17) is 11.6 Å². The monoisotopic (exact) mass is 272 g/mol. The molecule has 0 saturated heterocycles. The quantitative estimate of drug-likeness (QED) is 0.722. The van der Waals surface area contributed by atoms with Crippen LogP contribution in [0.2, 0.25) is 5.02 Å². The molecule has 2 aromatic carbocycles. The number of ketones is 1. The molecule has 1 atom stereocenters. The summed E-state index contributed by atoms with van der Waals surface area (Å²) in [5, 5.41) is 2.72. The van der Waals surface area contributed by atoms with E-state index in [0.717, 1.165) is 34.2 Å². The molecule has 0 saturated carbocycles. The predicted molar refractivity (Wildman–Crippen MR) is 79.9 cm³/mol. The standard InChI is InChI=1S/C17H17ClO/c1-10(2)12-8-6-11-7-9-13-14(16(11)17(12)19)4-3-5-15(13)18/h3-5,7,9-10,12H,6,8H2,1-2H3. The van der Waals surface area contributed by atoms with Gasteiger partial charge in [0, 0.05) is 21.9 Å². The summed E-state index contributed by atoms with van der Waals surface area (Å²) in [6.45, 7) is 4.26. The number of hydrogen-bond acceptors (Lipinski definition) is 1. The van der Waals surface area contributed by atoms with E-state index in [-0.39, 0.29) is 5.92 Å². The smallest absolute Gasteiger partial charge is 0.167 e. The van der Waals surface area contributed by atoms with Gasteiger partial charge in [-0.15, -0.1) is 0 Å². The molecular formula is C17H17ClO. The Bertz CT molecular complexity index is 658. The molecule has 0 spiro atoms. The SMILES string of the molecule is CC(C)C1CCc2ccc3c(Cl)cccc3c2C1=O. The van der Waals surface area contributed by atoms with Crippen LogP contribution in [0.15, 0.2) is 30.3 Å². The van der Waals surface area contributed by atoms with Gasteiger partial charge < -0.3 is 0 Å². The molecule has 3 rings (SSSR count). The van der Waals surface area contributed by atoms with Gasteiger partial charge in [0.1, 0.15) is 0 Å². The van der Waals surface area contributed by atoms with E-state index in [1.54, 1.807) is 0 Å². The fraction of sp³-hybridized carbons (Fsp3) is 0.353. The van der Waals surface area contributed by atoms with E-state index in [9.17, 15) is 4.79 Å². The zero-order valence-electron chi connectivity index (χ0n) is 11.2. The first kappa shape index (κ1) is 12.7. The lowest BCUT2D eigenvalue weighted by Crippen LogP contribution is -2.26. The highest BCUT2D eigenvalue weighted by Crippen LogP contribution is 2.36. The Morgan fingerprint density at radius 1 is 1.16 bits per heavy atom. The molecule has 0 fully saturated rings. The Morgan fingerprint density at radius 3 is 2.68 bits per heavy atom. The second-order valence-corrected chi connectivity index (χ2v) is 6.10. The third-order valence-corrected chi connectivity index (χ3v) is 4.54. The van der Waals surface area contributed by atoms with Gasteiger partial charge in [-0.05, 0) is 35.8 Å². The largest absolute Gasteiger partial charge is 0.294 e.